The molecule has 3 amide bonds. The van der Waals surface area contributed by atoms with Gasteiger partial charge in [-0.05, 0) is 106 Å². The fourth-order valence-corrected chi connectivity index (χ4v) is 13.7. The monoisotopic (exact) mass is 1010 g/mol. The summed E-state index contributed by atoms with van der Waals surface area (Å²) in [5.41, 5.74) is 6.49. The summed E-state index contributed by atoms with van der Waals surface area (Å²) in [4.78, 5) is 74.1. The topological polar surface area (TPSA) is 145 Å². The van der Waals surface area contributed by atoms with Crippen LogP contribution in [0.15, 0.2) is 41.9 Å². The Morgan fingerprint density at radius 2 is 1.79 bits per heavy atom. The molecular formula is C54H68F3N9O5S. The van der Waals surface area contributed by atoms with Crippen molar-refractivity contribution in [2.45, 2.75) is 154 Å². The van der Waals surface area contributed by atoms with Crippen molar-refractivity contribution in [3.05, 3.63) is 58.2 Å². The number of carbonyl (C=O) groups is 4. The molecule has 386 valence electrons. The number of amides is 3. The molecular weight excluding hydrogens is 944 g/mol. The van der Waals surface area contributed by atoms with Gasteiger partial charge in [0.25, 0.3) is 5.91 Å². The number of cyclic esters (lactones) is 1. The Balaban J connectivity index is 0.922. The number of nitrogens with one attached hydrogen (secondary N) is 2. The molecule has 8 heterocycles. The van der Waals surface area contributed by atoms with Crippen LogP contribution in [0.4, 0.5) is 13.2 Å². The number of alkyl halides is 3. The Morgan fingerprint density at radius 3 is 2.56 bits per heavy atom. The molecule has 1 unspecified atom stereocenters. The number of hydrogen-bond acceptors (Lipinski definition) is 11. The third kappa shape index (κ3) is 9.93. The molecule has 18 heteroatoms. The summed E-state index contributed by atoms with van der Waals surface area (Å²) in [5.74, 6) is -0.801. The molecule has 4 saturated heterocycles. The van der Waals surface area contributed by atoms with E-state index in [1.54, 1.807) is 24.4 Å². The second-order valence-corrected chi connectivity index (χ2v) is 24.1. The van der Waals surface area contributed by atoms with E-state index in [9.17, 15) is 27.6 Å². The van der Waals surface area contributed by atoms with Crippen LogP contribution in [0.3, 0.4) is 0 Å². The average Bonchev–Trinajstić information content (AvgIpc) is 4.02. The quantitative estimate of drug-likeness (QED) is 0.128. The predicted octanol–water partition coefficient (Wildman–Crippen LogP) is 7.49. The van der Waals surface area contributed by atoms with E-state index in [4.69, 9.17) is 9.72 Å². The van der Waals surface area contributed by atoms with Gasteiger partial charge in [0.2, 0.25) is 11.8 Å². The highest BCUT2D eigenvalue weighted by Gasteiger charge is 2.54. The van der Waals surface area contributed by atoms with Crippen molar-refractivity contribution >= 4 is 45.9 Å². The van der Waals surface area contributed by atoms with Crippen molar-refractivity contribution in [1.29, 1.82) is 0 Å². The SMILES string of the molecule is CC(C)c1ncccc1-c1c2c3cc(ccc3n1CC(F)(F)F)-c1csc(n1)C[C@H](NC(=O)[C@H](C1CCCC1)N1CC[C@]3(CCN(C(=O)[C@H]4CN4C4CC4)C3)C1)C(=O)N1CCC[C@H](N1)C(=O)OCC(C)(C)C2. The Labute approximate surface area is 423 Å². The molecule has 1 spiro atoms. The number of fused-ring (bicyclic) bond motifs is 6. The highest BCUT2D eigenvalue weighted by atomic mass is 32.1. The molecule has 11 rings (SSSR count). The van der Waals surface area contributed by atoms with Gasteiger partial charge in [-0.2, -0.15) is 13.2 Å². The zero-order valence-electron chi connectivity index (χ0n) is 41.9. The number of ether oxygens (including phenoxy) is 1. The number of nitrogens with zero attached hydrogens (tertiary/aromatic N) is 7. The van der Waals surface area contributed by atoms with Crippen LogP contribution in [0.25, 0.3) is 33.4 Å². The van der Waals surface area contributed by atoms with E-state index in [-0.39, 0.29) is 60.5 Å². The minimum absolute atomic E-state index is 0.0270. The maximum Gasteiger partial charge on any atom is 0.406 e. The second-order valence-electron chi connectivity index (χ2n) is 23.2. The lowest BCUT2D eigenvalue weighted by Crippen LogP contribution is -2.62. The normalized spacial score (nSPS) is 27.7. The van der Waals surface area contributed by atoms with E-state index in [1.165, 1.54) is 33.8 Å². The number of carbonyl (C=O) groups excluding carboxylic acids is 4. The van der Waals surface area contributed by atoms with Crippen molar-refractivity contribution in [2.75, 3.05) is 45.9 Å². The highest BCUT2D eigenvalue weighted by molar-refractivity contribution is 7.10. The molecule has 1 aromatic carbocycles. The number of aromatic nitrogens is 3. The number of pyridine rings is 1. The number of hydrogen-bond donors (Lipinski definition) is 2. The zero-order chi connectivity index (χ0) is 50.3. The standard InChI is InChI=1S/C54H68F3N9O5S/c1-32(2)45-36(11-7-19-58-45)47-38-25-52(3,4)31-71-51(70)39-12-8-20-66(61-39)49(68)40(24-44-59-41(27-72-44)34-13-16-42(37(38)23-34)65(47)30-54(55,56)57)60-48(67)46(33-9-5-6-10-33)62-21-17-53(28-62)18-22-63(29-53)50(69)43-26-64(43)35-14-15-35/h7,11,13,16,19,23,27,32-33,35,39-40,43,46,61H,5-6,8-10,12,14-15,17-18,20-22,24-26,28-31H2,1-4H3,(H,60,67)/t39-,40-,43+,46-,53-,64?/m0/s1. The molecule has 72 heavy (non-hydrogen) atoms. The Morgan fingerprint density at radius 1 is 1.00 bits per heavy atom. The van der Waals surface area contributed by atoms with E-state index >= 15 is 4.79 Å². The molecule has 4 aromatic rings. The molecule has 5 aliphatic heterocycles. The zero-order valence-corrected chi connectivity index (χ0v) is 42.8. The van der Waals surface area contributed by atoms with E-state index in [2.05, 4.69) is 30.4 Å². The molecule has 6 bridgehead atoms. The van der Waals surface area contributed by atoms with Crippen molar-refractivity contribution in [3.63, 3.8) is 0 Å². The molecule has 6 atom stereocenters. The predicted molar refractivity (Wildman–Crippen MR) is 267 cm³/mol. The van der Waals surface area contributed by atoms with Crippen LogP contribution in [0.1, 0.15) is 114 Å². The number of thiazole rings is 1. The van der Waals surface area contributed by atoms with Gasteiger partial charge in [0, 0.05) is 89.6 Å². The smallest absolute Gasteiger partial charge is 0.406 e. The van der Waals surface area contributed by atoms with Gasteiger partial charge in [0.05, 0.1) is 34.7 Å². The molecule has 2 aliphatic carbocycles. The van der Waals surface area contributed by atoms with Crippen molar-refractivity contribution in [2.24, 2.45) is 16.7 Å². The molecule has 6 fully saturated rings. The lowest BCUT2D eigenvalue weighted by molar-refractivity contribution is -0.155. The van der Waals surface area contributed by atoms with Crippen molar-refractivity contribution in [3.8, 4) is 22.5 Å². The molecule has 0 radical (unpaired) electrons. The summed E-state index contributed by atoms with van der Waals surface area (Å²) in [6.45, 7) is 10.7. The first-order valence-electron chi connectivity index (χ1n) is 26.4. The summed E-state index contributed by atoms with van der Waals surface area (Å²) in [6.07, 6.45) is 6.55. The highest BCUT2D eigenvalue weighted by Crippen LogP contribution is 2.46. The minimum atomic E-state index is -4.54. The average molecular weight is 1010 g/mol. The first kappa shape index (κ1) is 49.3. The van der Waals surface area contributed by atoms with Crippen LogP contribution >= 0.6 is 11.3 Å². The minimum Gasteiger partial charge on any atom is -0.464 e. The van der Waals surface area contributed by atoms with Gasteiger partial charge < -0.3 is 19.5 Å². The number of halogens is 3. The van der Waals surface area contributed by atoms with Gasteiger partial charge in [0.1, 0.15) is 24.7 Å². The van der Waals surface area contributed by atoms with E-state index in [0.29, 0.717) is 81.7 Å². The van der Waals surface area contributed by atoms with Gasteiger partial charge in [-0.1, -0.05) is 46.6 Å². The van der Waals surface area contributed by atoms with Crippen LogP contribution in [0.2, 0.25) is 0 Å². The van der Waals surface area contributed by atoms with Gasteiger partial charge in [-0.25, -0.2) is 10.4 Å². The first-order chi connectivity index (χ1) is 34.4. The van der Waals surface area contributed by atoms with Crippen LogP contribution in [-0.4, -0.2) is 140 Å². The third-order valence-corrected chi connectivity index (χ3v) is 17.5. The summed E-state index contributed by atoms with van der Waals surface area (Å²) in [5, 5.41) is 7.86. The molecule has 3 aromatic heterocycles. The van der Waals surface area contributed by atoms with Gasteiger partial charge in [0.15, 0.2) is 0 Å². The number of hydrazine groups is 1. The van der Waals surface area contributed by atoms with Crippen LogP contribution in [-0.2, 0) is 43.3 Å². The van der Waals surface area contributed by atoms with E-state index < -0.39 is 42.2 Å². The van der Waals surface area contributed by atoms with Crippen molar-refractivity contribution in [1.82, 2.24) is 45.0 Å². The summed E-state index contributed by atoms with van der Waals surface area (Å²) in [7, 11) is 0. The maximum atomic E-state index is 15.1. The van der Waals surface area contributed by atoms with Crippen LogP contribution in [0, 0.1) is 16.7 Å². The van der Waals surface area contributed by atoms with Crippen molar-refractivity contribution < 1.29 is 37.1 Å². The Kier molecular flexibility index (Phi) is 13.1. The number of likely N-dealkylation sites (tertiary alicyclic amines) is 2. The van der Waals surface area contributed by atoms with Gasteiger partial charge in [-0.3, -0.25) is 39.0 Å². The van der Waals surface area contributed by atoms with Crippen LogP contribution in [0.5, 0.6) is 0 Å². The number of rotatable bonds is 9. The second kappa shape index (κ2) is 19.1. The summed E-state index contributed by atoms with van der Waals surface area (Å²) >= 11 is 1.37. The lowest BCUT2D eigenvalue weighted by Gasteiger charge is -2.37. The fraction of sp³-hybridized carbons (Fsp3) is 0.630. The van der Waals surface area contributed by atoms with E-state index in [0.717, 1.165) is 64.7 Å². The first-order valence-corrected chi connectivity index (χ1v) is 27.3. The molecule has 14 nitrogen and oxygen atoms in total. The number of esters is 1. The molecule has 2 saturated carbocycles. The Bertz CT molecular complexity index is 2750. The third-order valence-electron chi connectivity index (χ3n) is 16.7. The fourth-order valence-electron chi connectivity index (χ4n) is 12.9. The lowest BCUT2D eigenvalue weighted by atomic mass is 9.84. The summed E-state index contributed by atoms with van der Waals surface area (Å²) in [6, 6.07) is 7.33. The molecule has 2 N–H and O–H groups in total. The molecule has 7 aliphatic rings. The maximum absolute atomic E-state index is 15.1. The van der Waals surface area contributed by atoms with Gasteiger partial charge >= 0.3 is 12.1 Å². The largest absolute Gasteiger partial charge is 0.464 e. The Hall–Kier alpha value is -4.91. The van der Waals surface area contributed by atoms with E-state index in [1.807, 2.05) is 45.2 Å². The number of benzene rings is 1. The van der Waals surface area contributed by atoms with Gasteiger partial charge in [-0.15, -0.1) is 11.3 Å². The summed E-state index contributed by atoms with van der Waals surface area (Å²) < 4.78 is 51.5. The van der Waals surface area contributed by atoms with Crippen LogP contribution < -0.4 is 10.7 Å².